The first-order chi connectivity index (χ1) is 6.49. The summed E-state index contributed by atoms with van der Waals surface area (Å²) < 4.78 is 5.86. The molecule has 0 aromatic heterocycles. The zero-order valence-electron chi connectivity index (χ0n) is 9.88. The van der Waals surface area contributed by atoms with Crippen molar-refractivity contribution in [2.45, 2.75) is 64.1 Å². The predicted octanol–water partition coefficient (Wildman–Crippen LogP) is 1.75. The van der Waals surface area contributed by atoms with Gasteiger partial charge in [-0.1, -0.05) is 19.3 Å². The molecule has 0 aromatic carbocycles. The largest absolute Gasteiger partial charge is 0.418 e. The Morgan fingerprint density at radius 2 is 1.79 bits per heavy atom. The van der Waals surface area contributed by atoms with Crippen LogP contribution in [0.2, 0.25) is 0 Å². The molecular formula is C11H25NOSi. The van der Waals surface area contributed by atoms with E-state index >= 15 is 0 Å². The lowest BCUT2D eigenvalue weighted by atomic mass is 9.89. The van der Waals surface area contributed by atoms with E-state index in [1.807, 2.05) is 0 Å². The van der Waals surface area contributed by atoms with E-state index in [0.717, 1.165) is 5.92 Å². The van der Waals surface area contributed by atoms with Crippen molar-refractivity contribution in [1.82, 2.24) is 0 Å². The fourth-order valence-corrected chi connectivity index (χ4v) is 3.48. The Balaban J connectivity index is 2.23. The van der Waals surface area contributed by atoms with Gasteiger partial charge in [-0.2, -0.15) is 0 Å². The zero-order chi connectivity index (χ0) is 10.6. The van der Waals surface area contributed by atoms with Crippen molar-refractivity contribution in [2.75, 3.05) is 0 Å². The molecule has 0 heterocycles. The van der Waals surface area contributed by atoms with Crippen molar-refractivity contribution in [1.29, 1.82) is 0 Å². The van der Waals surface area contributed by atoms with Crippen LogP contribution in [-0.4, -0.2) is 21.0 Å². The summed E-state index contributed by atoms with van der Waals surface area (Å²) in [6, 6.07) is 0. The summed E-state index contributed by atoms with van der Waals surface area (Å²) in [6.07, 6.45) is 6.83. The maximum Gasteiger partial charge on any atom is 0.178 e. The highest BCUT2D eigenvalue weighted by Crippen LogP contribution is 2.25. The molecule has 2 nitrogen and oxygen atoms in total. The van der Waals surface area contributed by atoms with Crippen LogP contribution in [0.15, 0.2) is 0 Å². The topological polar surface area (TPSA) is 35.2 Å². The molecule has 1 rings (SSSR count). The average Bonchev–Trinajstić information content (AvgIpc) is 2.14. The van der Waals surface area contributed by atoms with Crippen LogP contribution in [0.3, 0.4) is 0 Å². The normalized spacial score (nSPS) is 23.1. The van der Waals surface area contributed by atoms with Crippen LogP contribution in [0.4, 0.5) is 0 Å². The Morgan fingerprint density at radius 3 is 2.29 bits per heavy atom. The molecule has 1 unspecified atom stereocenters. The summed E-state index contributed by atoms with van der Waals surface area (Å²) in [6.45, 7) is 6.36. The van der Waals surface area contributed by atoms with Gasteiger partial charge in [0, 0.05) is 11.3 Å². The molecule has 0 amide bonds. The van der Waals surface area contributed by atoms with Gasteiger partial charge >= 0.3 is 0 Å². The van der Waals surface area contributed by atoms with Crippen molar-refractivity contribution in [3.63, 3.8) is 0 Å². The van der Waals surface area contributed by atoms with Gasteiger partial charge in [0.05, 0.1) is 0 Å². The summed E-state index contributed by atoms with van der Waals surface area (Å²) in [4.78, 5) is 0. The molecule has 0 saturated heterocycles. The van der Waals surface area contributed by atoms with E-state index in [0.29, 0.717) is 5.67 Å². The molecule has 0 bridgehead atoms. The molecule has 0 radical (unpaired) electrons. The van der Waals surface area contributed by atoms with E-state index < -0.39 is 9.76 Å². The summed E-state index contributed by atoms with van der Waals surface area (Å²) in [7, 11) is -0.536. The van der Waals surface area contributed by atoms with Crippen molar-refractivity contribution in [3.05, 3.63) is 0 Å². The van der Waals surface area contributed by atoms with Crippen LogP contribution >= 0.6 is 0 Å². The molecule has 1 aliphatic rings. The molecular weight excluding hydrogens is 190 g/mol. The van der Waals surface area contributed by atoms with Gasteiger partial charge < -0.3 is 10.2 Å². The van der Waals surface area contributed by atoms with Gasteiger partial charge in [0.2, 0.25) is 0 Å². The first kappa shape index (κ1) is 12.2. The van der Waals surface area contributed by atoms with Gasteiger partial charge in [-0.15, -0.1) is 0 Å². The number of nitrogens with two attached hydrogens (primary N) is 1. The monoisotopic (exact) mass is 215 g/mol. The predicted molar refractivity (Wildman–Crippen MR) is 63.9 cm³/mol. The molecule has 1 aliphatic carbocycles. The minimum absolute atomic E-state index is 0.0124. The summed E-state index contributed by atoms with van der Waals surface area (Å²) >= 11 is 0. The van der Waals surface area contributed by atoms with Crippen LogP contribution in [-0.2, 0) is 4.43 Å². The van der Waals surface area contributed by atoms with E-state index in [1.165, 1.54) is 32.1 Å². The Labute approximate surface area is 90.5 Å². The average molecular weight is 215 g/mol. The van der Waals surface area contributed by atoms with Gasteiger partial charge in [-0.05, 0) is 39.5 Å². The minimum Gasteiger partial charge on any atom is -0.418 e. The van der Waals surface area contributed by atoms with Crippen LogP contribution in [0.1, 0.15) is 52.9 Å². The van der Waals surface area contributed by atoms with E-state index in [1.54, 1.807) is 0 Å². The molecule has 84 valence electrons. The third kappa shape index (κ3) is 4.58. The second-order valence-corrected chi connectivity index (χ2v) is 7.05. The van der Waals surface area contributed by atoms with E-state index in [2.05, 4.69) is 20.8 Å². The highest BCUT2D eigenvalue weighted by Gasteiger charge is 2.22. The van der Waals surface area contributed by atoms with Crippen molar-refractivity contribution < 1.29 is 4.43 Å². The summed E-state index contributed by atoms with van der Waals surface area (Å²) in [5.74, 6) is 0.762. The van der Waals surface area contributed by atoms with Gasteiger partial charge in [0.25, 0.3) is 0 Å². The lowest BCUT2D eigenvalue weighted by Crippen LogP contribution is -2.41. The second-order valence-electron chi connectivity index (χ2n) is 5.49. The fraction of sp³-hybridized carbons (Fsp3) is 1.00. The maximum atomic E-state index is 6.19. The highest BCUT2D eigenvalue weighted by atomic mass is 28.2. The fourth-order valence-electron chi connectivity index (χ4n) is 2.04. The molecule has 0 spiro atoms. The highest BCUT2D eigenvalue weighted by molar-refractivity contribution is 6.29. The molecule has 2 N–H and O–H groups in total. The van der Waals surface area contributed by atoms with Crippen molar-refractivity contribution >= 4 is 9.76 Å². The smallest absolute Gasteiger partial charge is 0.178 e. The SMILES string of the molecule is CC(C)(C)O[SiH2]C(N)C1CCCCC1. The van der Waals surface area contributed by atoms with Crippen LogP contribution < -0.4 is 5.73 Å². The first-order valence-corrected chi connectivity index (χ1v) is 7.28. The molecule has 3 heteroatoms. The second kappa shape index (κ2) is 5.28. The maximum absolute atomic E-state index is 6.19. The van der Waals surface area contributed by atoms with Crippen LogP contribution in [0, 0.1) is 5.92 Å². The van der Waals surface area contributed by atoms with Crippen molar-refractivity contribution in [3.8, 4) is 0 Å². The molecule has 0 aliphatic heterocycles. The van der Waals surface area contributed by atoms with Crippen LogP contribution in [0.25, 0.3) is 0 Å². The van der Waals surface area contributed by atoms with Gasteiger partial charge in [-0.25, -0.2) is 0 Å². The summed E-state index contributed by atoms with van der Waals surface area (Å²) in [5.41, 5.74) is 6.59. The lowest BCUT2D eigenvalue weighted by Gasteiger charge is -2.29. The molecule has 0 aromatic rings. The van der Waals surface area contributed by atoms with Gasteiger partial charge in [0.1, 0.15) is 0 Å². The minimum atomic E-state index is -0.536. The van der Waals surface area contributed by atoms with E-state index in [-0.39, 0.29) is 5.60 Å². The summed E-state index contributed by atoms with van der Waals surface area (Å²) in [5, 5.41) is 0. The van der Waals surface area contributed by atoms with E-state index in [9.17, 15) is 0 Å². The Hall–Kier alpha value is 0.137. The van der Waals surface area contributed by atoms with Gasteiger partial charge in [-0.3, -0.25) is 0 Å². The Kier molecular flexibility index (Phi) is 4.61. The van der Waals surface area contributed by atoms with Gasteiger partial charge in [0.15, 0.2) is 9.76 Å². The number of hydrogen-bond donors (Lipinski definition) is 1. The van der Waals surface area contributed by atoms with Crippen molar-refractivity contribution in [2.24, 2.45) is 11.7 Å². The quantitative estimate of drug-likeness (QED) is 0.728. The Bertz CT molecular complexity index is 161. The molecule has 1 atom stereocenters. The third-order valence-electron chi connectivity index (χ3n) is 2.96. The molecule has 1 fully saturated rings. The molecule has 14 heavy (non-hydrogen) atoms. The first-order valence-electron chi connectivity index (χ1n) is 5.88. The molecule has 1 saturated carbocycles. The lowest BCUT2D eigenvalue weighted by molar-refractivity contribution is 0.131. The zero-order valence-corrected chi connectivity index (χ0v) is 11.3. The third-order valence-corrected chi connectivity index (χ3v) is 5.05. The van der Waals surface area contributed by atoms with Crippen LogP contribution in [0.5, 0.6) is 0 Å². The number of hydrogen-bond acceptors (Lipinski definition) is 2. The standard InChI is InChI=1S/C11H25NOSi/c1-11(2,3)13-14-10(12)9-7-5-4-6-8-9/h9-10H,4-8,12,14H2,1-3H3. The van der Waals surface area contributed by atoms with E-state index in [4.69, 9.17) is 10.2 Å². The number of rotatable bonds is 3. The Morgan fingerprint density at radius 1 is 1.21 bits per heavy atom.